The molecule has 0 radical (unpaired) electrons. The van der Waals surface area contributed by atoms with Crippen molar-refractivity contribution in [3.05, 3.63) is 41.3 Å². The van der Waals surface area contributed by atoms with Gasteiger partial charge in [0.1, 0.15) is 0 Å². The summed E-state index contributed by atoms with van der Waals surface area (Å²) in [6.45, 7) is 0.848. The summed E-state index contributed by atoms with van der Waals surface area (Å²) in [4.78, 5) is 6.23. The Morgan fingerprint density at radius 3 is 2.78 bits per heavy atom. The highest BCUT2D eigenvalue weighted by Crippen LogP contribution is 2.25. The molecular formula is C13H16N4O. The van der Waals surface area contributed by atoms with Crippen LogP contribution in [0.4, 0.5) is 5.95 Å². The minimum absolute atomic E-state index is 0.112. The van der Waals surface area contributed by atoms with Crippen molar-refractivity contribution in [2.24, 2.45) is 0 Å². The lowest BCUT2D eigenvalue weighted by atomic mass is 9.96. The Labute approximate surface area is 106 Å². The summed E-state index contributed by atoms with van der Waals surface area (Å²) in [5.74, 6) is 1.28. The number of hydrogen-bond acceptors (Lipinski definition) is 5. The van der Waals surface area contributed by atoms with Crippen molar-refractivity contribution in [2.45, 2.75) is 19.0 Å². The van der Waals surface area contributed by atoms with Crippen molar-refractivity contribution in [1.29, 1.82) is 0 Å². The number of nitrogens with zero attached hydrogens (tertiary/aromatic N) is 3. The third kappa shape index (κ3) is 1.97. The van der Waals surface area contributed by atoms with Gasteiger partial charge in [0.25, 0.3) is 5.95 Å². The predicted molar refractivity (Wildman–Crippen MR) is 68.4 cm³/mol. The Hall–Kier alpha value is -1.88. The maximum atomic E-state index is 5.32. The number of rotatable bonds is 2. The van der Waals surface area contributed by atoms with Crippen LogP contribution in [0.5, 0.6) is 0 Å². The lowest BCUT2D eigenvalue weighted by Gasteiger charge is -2.23. The Kier molecular flexibility index (Phi) is 2.76. The standard InChI is InChI=1S/C13H16N4O/c1-17(2)13-15-12(18-16-13)11-7-9-5-3-4-6-10(9)8-14-11/h3-6,11,14H,7-8H2,1-2H3/t11-/m1/s1. The van der Waals surface area contributed by atoms with Gasteiger partial charge in [0.15, 0.2) is 0 Å². The van der Waals surface area contributed by atoms with E-state index < -0.39 is 0 Å². The summed E-state index contributed by atoms with van der Waals surface area (Å²) in [7, 11) is 3.80. The van der Waals surface area contributed by atoms with Gasteiger partial charge in [-0.05, 0) is 22.7 Å². The minimum Gasteiger partial charge on any atom is -0.344 e. The molecule has 2 aromatic rings. The first-order valence-electron chi connectivity index (χ1n) is 6.05. The summed E-state index contributed by atoms with van der Waals surface area (Å²) in [5, 5.41) is 7.38. The van der Waals surface area contributed by atoms with E-state index in [-0.39, 0.29) is 6.04 Å². The maximum absolute atomic E-state index is 5.32. The van der Waals surface area contributed by atoms with Gasteiger partial charge < -0.3 is 14.7 Å². The topological polar surface area (TPSA) is 54.2 Å². The molecule has 1 aliphatic heterocycles. The van der Waals surface area contributed by atoms with Crippen LogP contribution < -0.4 is 10.2 Å². The highest BCUT2D eigenvalue weighted by atomic mass is 16.5. The molecule has 94 valence electrons. The summed E-state index contributed by atoms with van der Waals surface area (Å²) in [6.07, 6.45) is 0.894. The molecule has 2 heterocycles. The van der Waals surface area contributed by atoms with Crippen LogP contribution in [-0.2, 0) is 13.0 Å². The van der Waals surface area contributed by atoms with E-state index in [4.69, 9.17) is 4.52 Å². The maximum Gasteiger partial charge on any atom is 0.265 e. The zero-order valence-corrected chi connectivity index (χ0v) is 10.6. The van der Waals surface area contributed by atoms with E-state index in [1.165, 1.54) is 11.1 Å². The number of benzene rings is 1. The van der Waals surface area contributed by atoms with Crippen molar-refractivity contribution >= 4 is 5.95 Å². The second-order valence-corrected chi connectivity index (χ2v) is 4.73. The van der Waals surface area contributed by atoms with Crippen LogP contribution in [0, 0.1) is 0 Å². The average Bonchev–Trinajstić information content (AvgIpc) is 2.88. The zero-order chi connectivity index (χ0) is 12.5. The predicted octanol–water partition coefficient (Wildman–Crippen LogP) is 1.52. The number of anilines is 1. The lowest BCUT2D eigenvalue weighted by molar-refractivity contribution is 0.321. The first kappa shape index (κ1) is 11.2. The molecule has 0 unspecified atom stereocenters. The molecule has 0 saturated heterocycles. The van der Waals surface area contributed by atoms with Crippen LogP contribution in [0.15, 0.2) is 28.8 Å². The summed E-state index contributed by atoms with van der Waals surface area (Å²) < 4.78 is 5.32. The fraction of sp³-hybridized carbons (Fsp3) is 0.385. The molecule has 1 N–H and O–H groups in total. The number of hydrogen-bond donors (Lipinski definition) is 1. The Balaban J connectivity index is 1.83. The molecule has 5 heteroatoms. The van der Waals surface area contributed by atoms with E-state index in [1.54, 1.807) is 0 Å². The van der Waals surface area contributed by atoms with E-state index in [9.17, 15) is 0 Å². The zero-order valence-electron chi connectivity index (χ0n) is 10.6. The molecule has 0 amide bonds. The van der Waals surface area contributed by atoms with E-state index in [0.29, 0.717) is 11.8 Å². The molecule has 0 aliphatic carbocycles. The van der Waals surface area contributed by atoms with Gasteiger partial charge in [-0.3, -0.25) is 0 Å². The largest absolute Gasteiger partial charge is 0.344 e. The lowest BCUT2D eigenvalue weighted by Crippen LogP contribution is -2.28. The molecule has 0 saturated carbocycles. The molecule has 0 bridgehead atoms. The van der Waals surface area contributed by atoms with Gasteiger partial charge in [0.2, 0.25) is 5.89 Å². The third-order valence-electron chi connectivity index (χ3n) is 3.21. The van der Waals surface area contributed by atoms with Crippen LogP contribution in [0.25, 0.3) is 0 Å². The number of fused-ring (bicyclic) bond motifs is 1. The van der Waals surface area contributed by atoms with Gasteiger partial charge in [0.05, 0.1) is 6.04 Å². The molecular weight excluding hydrogens is 228 g/mol. The molecule has 18 heavy (non-hydrogen) atoms. The molecule has 5 nitrogen and oxygen atoms in total. The van der Waals surface area contributed by atoms with Crippen molar-refractivity contribution in [3.8, 4) is 0 Å². The second kappa shape index (κ2) is 4.42. The molecule has 0 spiro atoms. The van der Waals surface area contributed by atoms with Gasteiger partial charge in [-0.1, -0.05) is 24.3 Å². The Morgan fingerprint density at radius 1 is 1.28 bits per heavy atom. The first-order valence-corrected chi connectivity index (χ1v) is 6.05. The Bertz CT molecular complexity index is 549. The normalized spacial score (nSPS) is 18.4. The van der Waals surface area contributed by atoms with Crippen molar-refractivity contribution in [3.63, 3.8) is 0 Å². The molecule has 3 rings (SSSR count). The van der Waals surface area contributed by atoms with E-state index in [0.717, 1.165) is 13.0 Å². The van der Waals surface area contributed by atoms with E-state index >= 15 is 0 Å². The SMILES string of the molecule is CN(C)c1noc([C@H]2Cc3ccccc3CN2)n1. The second-order valence-electron chi connectivity index (χ2n) is 4.73. The molecule has 1 aromatic carbocycles. The highest BCUT2D eigenvalue weighted by molar-refractivity contribution is 5.31. The van der Waals surface area contributed by atoms with Gasteiger partial charge in [-0.2, -0.15) is 4.98 Å². The molecule has 1 aliphatic rings. The third-order valence-corrected chi connectivity index (χ3v) is 3.21. The summed E-state index contributed by atoms with van der Waals surface area (Å²) >= 11 is 0. The fourth-order valence-electron chi connectivity index (χ4n) is 2.18. The van der Waals surface area contributed by atoms with Gasteiger partial charge in [0, 0.05) is 20.6 Å². The number of nitrogens with one attached hydrogen (secondary N) is 1. The monoisotopic (exact) mass is 244 g/mol. The van der Waals surface area contributed by atoms with Crippen molar-refractivity contribution < 1.29 is 4.52 Å². The van der Waals surface area contributed by atoms with Crippen LogP contribution in [0.2, 0.25) is 0 Å². The van der Waals surface area contributed by atoms with Crippen molar-refractivity contribution in [2.75, 3.05) is 19.0 Å². The van der Waals surface area contributed by atoms with Gasteiger partial charge in [-0.15, -0.1) is 0 Å². The average molecular weight is 244 g/mol. The van der Waals surface area contributed by atoms with E-state index in [2.05, 4.69) is 39.7 Å². The quantitative estimate of drug-likeness (QED) is 0.868. The molecule has 0 fully saturated rings. The molecule has 1 aromatic heterocycles. The van der Waals surface area contributed by atoms with Gasteiger partial charge >= 0.3 is 0 Å². The first-order chi connectivity index (χ1) is 8.74. The van der Waals surface area contributed by atoms with Crippen LogP contribution in [-0.4, -0.2) is 24.2 Å². The van der Waals surface area contributed by atoms with Crippen LogP contribution in [0.3, 0.4) is 0 Å². The fourth-order valence-corrected chi connectivity index (χ4v) is 2.18. The smallest absolute Gasteiger partial charge is 0.265 e. The Morgan fingerprint density at radius 2 is 2.06 bits per heavy atom. The van der Waals surface area contributed by atoms with Crippen molar-refractivity contribution in [1.82, 2.24) is 15.5 Å². The molecule has 1 atom stereocenters. The highest BCUT2D eigenvalue weighted by Gasteiger charge is 2.24. The van der Waals surface area contributed by atoms with Crippen LogP contribution >= 0.6 is 0 Å². The minimum atomic E-state index is 0.112. The van der Waals surface area contributed by atoms with E-state index in [1.807, 2.05) is 19.0 Å². The summed E-state index contributed by atoms with van der Waals surface area (Å²) in [5.41, 5.74) is 2.70. The number of aromatic nitrogens is 2. The van der Waals surface area contributed by atoms with Gasteiger partial charge in [-0.25, -0.2) is 0 Å². The van der Waals surface area contributed by atoms with Crippen LogP contribution in [0.1, 0.15) is 23.1 Å². The summed E-state index contributed by atoms with van der Waals surface area (Å²) in [6, 6.07) is 8.56.